The minimum absolute atomic E-state index is 0.0131. The topological polar surface area (TPSA) is 381 Å². The van der Waals surface area contributed by atoms with Crippen LogP contribution in [-0.2, 0) is 57.5 Å². The van der Waals surface area contributed by atoms with Gasteiger partial charge in [-0.3, -0.25) is 52.7 Å². The van der Waals surface area contributed by atoms with E-state index in [-0.39, 0.29) is 111 Å². The van der Waals surface area contributed by atoms with Crippen molar-refractivity contribution in [1.29, 1.82) is 0 Å². The van der Waals surface area contributed by atoms with Crippen molar-refractivity contribution in [2.75, 3.05) is 63.0 Å². The van der Waals surface area contributed by atoms with Crippen LogP contribution < -0.4 is 30.7 Å². The number of amides is 11. The second-order valence-electron chi connectivity index (χ2n) is 32.0. The van der Waals surface area contributed by atoms with Gasteiger partial charge in [0.1, 0.15) is 82.3 Å². The summed E-state index contributed by atoms with van der Waals surface area (Å²) in [5.41, 5.74) is 0.264. The first-order valence-corrected chi connectivity index (χ1v) is 39.0. The molecule has 0 spiro atoms. The molecular weight excluding hydrogens is 1490 g/mol. The number of aliphatic hydroxyl groups is 1. The quantitative estimate of drug-likeness (QED) is 0.0480. The number of aromatic hydroxyl groups is 2. The van der Waals surface area contributed by atoms with Crippen LogP contribution in [0, 0.1) is 62.2 Å². The smallest absolute Gasteiger partial charge is 0.347 e. The molecule has 2 heterocycles. The van der Waals surface area contributed by atoms with E-state index >= 15 is 9.59 Å². The molecule has 0 aromatic heterocycles. The highest BCUT2D eigenvalue weighted by atomic mass is 35.5. The average molecular weight is 1620 g/mol. The number of aliphatic hydroxyl groups excluding tert-OH is 1. The summed E-state index contributed by atoms with van der Waals surface area (Å²) in [5.74, 6) is -12.4. The van der Waals surface area contributed by atoms with Crippen LogP contribution >= 0.6 is 23.2 Å². The third kappa shape index (κ3) is 23.7. The van der Waals surface area contributed by atoms with Gasteiger partial charge in [0, 0.05) is 60.5 Å². The number of hydrogen-bond donors (Lipinski definition) is 7. The molecule has 32 heteroatoms. The molecule has 0 aliphatic carbocycles. The zero-order valence-corrected chi connectivity index (χ0v) is 72.3. The molecular formula is C80H125Cl2N11O19. The first-order valence-electron chi connectivity index (χ1n) is 38.2. The Morgan fingerprint density at radius 3 is 1.46 bits per heavy atom. The molecule has 2 aromatic rings. The molecule has 12 atom stereocenters. The Hall–Kier alpha value is -8.77. The van der Waals surface area contributed by atoms with E-state index in [1.165, 1.54) is 116 Å². The lowest BCUT2D eigenvalue weighted by Gasteiger charge is -2.41. The van der Waals surface area contributed by atoms with Crippen LogP contribution in [-0.4, -0.2) is 256 Å². The number of carbonyl (C=O) groups excluding carboxylic acids is 13. The first-order chi connectivity index (χ1) is 51.8. The van der Waals surface area contributed by atoms with Gasteiger partial charge in [0.2, 0.25) is 65.0 Å². The predicted octanol–water partition coefficient (Wildman–Crippen LogP) is 7.71. The standard InChI is InChI=1S/C62H111N11O12.C18H14Cl2O7/c1-25-27-28-40(15)52(75)51-56(79)65-43(26-2)58(81)67(18)33-48(74)68(19)44(29-34(3)4)55(78)66-49(38(11)12)61(84)69(20)45(30-35(5)6)54(77)63-41(16)53(76)64-42(17)57(80)70(21)46(31-36(7)8)59(82)71(22)47(32-37(9)10)60(83)72(23)50(39(13)14)62(85)73(51)24;1-5-9-16(11(20)13(22)10(5)19)26-14-6(2)8(17(23)25-4)12(21)7(3)15(14)27-18(9)24/h25,27,34-47,49-52,75H,26,28-33H2,1-24H3,(H,63,77)(H,64,76)(H,65,79)(H,66,78);21-22H,1-4H3. The number of nitrogens with one attached hydrogen (secondary N) is 4. The summed E-state index contributed by atoms with van der Waals surface area (Å²) >= 11 is 12.2. The number of phenols is 2. The maximum Gasteiger partial charge on any atom is 0.347 e. The number of halogens is 2. The van der Waals surface area contributed by atoms with Crippen LogP contribution in [0.4, 0.5) is 0 Å². The Kier molecular flexibility index (Phi) is 36.9. The van der Waals surface area contributed by atoms with Crippen molar-refractivity contribution in [1.82, 2.24) is 55.6 Å². The van der Waals surface area contributed by atoms with Gasteiger partial charge in [0.15, 0.2) is 23.0 Å². The number of rotatable bonds is 16. The predicted molar refractivity (Wildman–Crippen MR) is 425 cm³/mol. The zero-order valence-electron chi connectivity index (χ0n) is 70.8. The largest absolute Gasteiger partial charge is 0.507 e. The summed E-state index contributed by atoms with van der Waals surface area (Å²) in [7, 11) is 11.1. The molecule has 2 aliphatic heterocycles. The van der Waals surface area contributed by atoms with Gasteiger partial charge in [0.25, 0.3) is 0 Å². The highest BCUT2D eigenvalue weighted by molar-refractivity contribution is 6.39. The van der Waals surface area contributed by atoms with Crippen molar-refractivity contribution in [2.24, 2.45) is 41.4 Å². The number of phenolic OH excluding ortho intramolecular Hbond substituents is 2. The number of methoxy groups -OCH3 is 1. The molecule has 4 rings (SSSR count). The molecule has 0 bridgehead atoms. The fourth-order valence-electron chi connectivity index (χ4n) is 13.6. The van der Waals surface area contributed by atoms with Gasteiger partial charge in [-0.2, -0.15) is 0 Å². The van der Waals surface area contributed by atoms with Crippen LogP contribution in [0.1, 0.15) is 194 Å². The SMILES string of the molecule is CC=CCC(C)C(O)C1C(=O)NC(CC)C(=O)N(C)CC(=O)N(C)C(CC(C)C)C(=O)NC(C(C)C)C(=O)N(C)C(CC(C)C)C(=O)NC(C)C(=O)NC(C)C(=O)N(C)C(CC(C)C)C(=O)N(C)C(CC(C)C)C(=O)N(C)C(C(C)C)C(=O)N1C.COC(=O)c1c(C)c2c(c(C)c1O)OC(=O)c1c(C)c(Cl)c(O)c(Cl)c1O2. The highest BCUT2D eigenvalue weighted by Gasteiger charge is 2.47. The lowest BCUT2D eigenvalue weighted by Crippen LogP contribution is -2.63. The Morgan fingerprint density at radius 2 is 0.973 bits per heavy atom. The summed E-state index contributed by atoms with van der Waals surface area (Å²) in [5, 5.41) is 43.2. The van der Waals surface area contributed by atoms with Gasteiger partial charge < -0.3 is 85.1 Å². The van der Waals surface area contributed by atoms with Gasteiger partial charge >= 0.3 is 11.9 Å². The molecule has 2 aromatic carbocycles. The van der Waals surface area contributed by atoms with E-state index in [1.54, 1.807) is 54.5 Å². The van der Waals surface area contributed by atoms with Crippen LogP contribution in [0.5, 0.6) is 28.7 Å². The lowest BCUT2D eigenvalue weighted by molar-refractivity contribution is -0.157. The average Bonchev–Trinajstić information content (AvgIpc) is 1.56. The number of fused-ring (bicyclic) bond motifs is 2. The van der Waals surface area contributed by atoms with Crippen LogP contribution in [0.3, 0.4) is 0 Å². The lowest BCUT2D eigenvalue weighted by atomic mass is 9.91. The Balaban J connectivity index is 0.000000994. The maximum absolute atomic E-state index is 15.1. The third-order valence-electron chi connectivity index (χ3n) is 20.5. The molecule has 1 fully saturated rings. The molecule has 2 aliphatic rings. The molecule has 0 radical (unpaired) electrons. The second-order valence-corrected chi connectivity index (χ2v) is 32.8. The minimum atomic E-state index is -1.61. The molecule has 0 saturated carbocycles. The van der Waals surface area contributed by atoms with E-state index in [1.807, 2.05) is 61.5 Å². The molecule has 30 nitrogen and oxygen atoms in total. The summed E-state index contributed by atoms with van der Waals surface area (Å²) in [6.07, 6.45) is 3.04. The molecule has 112 heavy (non-hydrogen) atoms. The molecule has 11 amide bonds. The van der Waals surface area contributed by atoms with Gasteiger partial charge in [0.05, 0.1) is 24.8 Å². The van der Waals surface area contributed by atoms with E-state index < -0.39 is 179 Å². The van der Waals surface area contributed by atoms with Crippen molar-refractivity contribution in [2.45, 2.75) is 244 Å². The van der Waals surface area contributed by atoms with E-state index in [0.717, 1.165) is 9.80 Å². The van der Waals surface area contributed by atoms with E-state index in [0.29, 0.717) is 6.42 Å². The van der Waals surface area contributed by atoms with Crippen molar-refractivity contribution < 1.29 is 91.9 Å². The summed E-state index contributed by atoms with van der Waals surface area (Å²) in [4.78, 5) is 193. The van der Waals surface area contributed by atoms with Crippen molar-refractivity contribution in [3.63, 3.8) is 0 Å². The fraction of sp³-hybridized carbons (Fsp3) is 0.662. The Bertz CT molecular complexity index is 3810. The second kappa shape index (κ2) is 42.4. The van der Waals surface area contributed by atoms with Gasteiger partial charge in [-0.1, -0.05) is 132 Å². The number of benzene rings is 2. The molecule has 12 unspecified atom stereocenters. The summed E-state index contributed by atoms with van der Waals surface area (Å²) in [6, 6.07) is -12.3. The number of hydrogen-bond acceptors (Lipinski definition) is 19. The van der Waals surface area contributed by atoms with Crippen molar-refractivity contribution >= 4 is 100 Å². The number of ether oxygens (including phenoxy) is 3. The summed E-state index contributed by atoms with van der Waals surface area (Å²) < 4.78 is 15.9. The number of likely N-dealkylation sites (N-methyl/N-ethyl adjacent to an activating group) is 7. The number of esters is 2. The van der Waals surface area contributed by atoms with Crippen molar-refractivity contribution in [3.05, 3.63) is 50.0 Å². The fourth-order valence-corrected chi connectivity index (χ4v) is 14.0. The number of nitrogens with zero attached hydrogens (tertiary/aromatic N) is 7. The zero-order chi connectivity index (χ0) is 86.2. The summed E-state index contributed by atoms with van der Waals surface area (Å²) in [6.45, 7) is 33.8. The maximum atomic E-state index is 15.1. The normalized spacial score (nSPS) is 23.4. The first kappa shape index (κ1) is 97.4. The van der Waals surface area contributed by atoms with Crippen LogP contribution in [0.25, 0.3) is 0 Å². The molecule has 628 valence electrons. The van der Waals surface area contributed by atoms with Crippen LogP contribution in [0.2, 0.25) is 10.0 Å². The van der Waals surface area contributed by atoms with E-state index in [4.69, 9.17) is 37.4 Å². The van der Waals surface area contributed by atoms with Crippen LogP contribution in [0.15, 0.2) is 12.2 Å². The van der Waals surface area contributed by atoms with E-state index in [9.17, 15) is 68.1 Å². The minimum Gasteiger partial charge on any atom is -0.507 e. The Morgan fingerprint density at radius 1 is 0.518 bits per heavy atom. The number of carbonyl (C=O) groups is 13. The van der Waals surface area contributed by atoms with Gasteiger partial charge in [-0.25, -0.2) is 9.59 Å². The van der Waals surface area contributed by atoms with Gasteiger partial charge in [-0.05, 0) is 127 Å². The monoisotopic (exact) mass is 1610 g/mol. The number of allylic oxidation sites excluding steroid dienone is 2. The van der Waals surface area contributed by atoms with Crippen molar-refractivity contribution in [3.8, 4) is 28.7 Å². The molecule has 1 saturated heterocycles. The highest BCUT2D eigenvalue weighted by Crippen LogP contribution is 2.53. The Labute approximate surface area is 671 Å². The molecule has 7 N–H and O–H groups in total. The van der Waals surface area contributed by atoms with E-state index in [2.05, 4.69) is 21.3 Å². The van der Waals surface area contributed by atoms with Gasteiger partial charge in [-0.15, -0.1) is 0 Å². The third-order valence-corrected chi connectivity index (χ3v) is 21.3.